The molecule has 0 heterocycles. The third-order valence-electron chi connectivity index (χ3n) is 3.19. The van der Waals surface area contributed by atoms with Gasteiger partial charge in [-0.1, -0.05) is 49.4 Å². The van der Waals surface area contributed by atoms with Crippen molar-refractivity contribution >= 4 is 27.5 Å². The molecule has 2 atom stereocenters. The van der Waals surface area contributed by atoms with E-state index in [0.29, 0.717) is 4.47 Å². The van der Waals surface area contributed by atoms with Gasteiger partial charge in [-0.2, -0.15) is 0 Å². The van der Waals surface area contributed by atoms with Gasteiger partial charge in [-0.3, -0.25) is 0 Å². The lowest BCUT2D eigenvalue weighted by atomic mass is 9.94. The lowest BCUT2D eigenvalue weighted by molar-refractivity contribution is 0.551. The molecule has 2 unspecified atom stereocenters. The van der Waals surface area contributed by atoms with Crippen LogP contribution in [-0.4, -0.2) is 0 Å². The summed E-state index contributed by atoms with van der Waals surface area (Å²) < 4.78 is 14.0. The molecule has 0 bridgehead atoms. The highest BCUT2D eigenvalue weighted by Crippen LogP contribution is 2.33. The summed E-state index contributed by atoms with van der Waals surface area (Å²) in [5, 5.41) is -0.0728. The minimum atomic E-state index is -0.226. The first-order valence-corrected chi connectivity index (χ1v) is 7.44. The van der Waals surface area contributed by atoms with E-state index in [2.05, 4.69) is 22.9 Å². The van der Waals surface area contributed by atoms with E-state index in [-0.39, 0.29) is 17.1 Å². The molecule has 0 nitrogen and oxygen atoms in total. The number of hydrogen-bond acceptors (Lipinski definition) is 0. The molecule has 2 aromatic rings. The van der Waals surface area contributed by atoms with Gasteiger partial charge < -0.3 is 0 Å². The van der Waals surface area contributed by atoms with Gasteiger partial charge in [0.2, 0.25) is 0 Å². The standard InChI is InChI=1S/C16H15BrClF/c1-11(16(18)12-6-3-2-4-7-12)10-13-8-5-9-14(19)15(13)17/h2-9,11,16H,10H2,1H3. The summed E-state index contributed by atoms with van der Waals surface area (Å²) in [5.41, 5.74) is 2.05. The smallest absolute Gasteiger partial charge is 0.137 e. The zero-order valence-corrected chi connectivity index (χ0v) is 13.0. The molecule has 100 valence electrons. The van der Waals surface area contributed by atoms with E-state index in [1.54, 1.807) is 6.07 Å². The van der Waals surface area contributed by atoms with Gasteiger partial charge >= 0.3 is 0 Å². The van der Waals surface area contributed by atoms with E-state index in [0.717, 1.165) is 17.5 Å². The van der Waals surface area contributed by atoms with Crippen LogP contribution in [0.15, 0.2) is 53.0 Å². The molecule has 19 heavy (non-hydrogen) atoms. The Morgan fingerprint density at radius 3 is 2.47 bits per heavy atom. The highest BCUT2D eigenvalue weighted by Gasteiger charge is 2.18. The molecule has 0 N–H and O–H groups in total. The highest BCUT2D eigenvalue weighted by molar-refractivity contribution is 9.10. The average molecular weight is 342 g/mol. The Hall–Kier alpha value is -0.860. The van der Waals surface area contributed by atoms with Crippen molar-refractivity contribution in [1.29, 1.82) is 0 Å². The van der Waals surface area contributed by atoms with Crippen LogP contribution in [-0.2, 0) is 6.42 Å². The van der Waals surface area contributed by atoms with Crippen molar-refractivity contribution in [3.63, 3.8) is 0 Å². The van der Waals surface area contributed by atoms with Crippen LogP contribution in [0.1, 0.15) is 23.4 Å². The largest absolute Gasteiger partial charge is 0.206 e. The molecular weight excluding hydrogens is 327 g/mol. The first-order chi connectivity index (χ1) is 9.09. The van der Waals surface area contributed by atoms with E-state index in [4.69, 9.17) is 11.6 Å². The van der Waals surface area contributed by atoms with E-state index in [9.17, 15) is 4.39 Å². The second kappa shape index (κ2) is 6.53. The topological polar surface area (TPSA) is 0 Å². The fourth-order valence-electron chi connectivity index (χ4n) is 2.12. The summed E-state index contributed by atoms with van der Waals surface area (Å²) in [5.74, 6) is -0.00213. The van der Waals surface area contributed by atoms with Crippen molar-refractivity contribution in [3.05, 3.63) is 69.9 Å². The van der Waals surface area contributed by atoms with Crippen molar-refractivity contribution in [2.45, 2.75) is 18.7 Å². The van der Waals surface area contributed by atoms with E-state index < -0.39 is 0 Å². The second-order valence-corrected chi connectivity index (χ2v) is 5.97. The van der Waals surface area contributed by atoms with E-state index in [1.165, 1.54) is 6.07 Å². The molecule has 3 heteroatoms. The summed E-state index contributed by atoms with van der Waals surface area (Å²) in [6, 6.07) is 15.1. The minimum Gasteiger partial charge on any atom is -0.206 e. The summed E-state index contributed by atoms with van der Waals surface area (Å²) in [7, 11) is 0. The Labute approximate surface area is 126 Å². The molecule has 0 saturated heterocycles. The van der Waals surface area contributed by atoms with Gasteiger partial charge in [0, 0.05) is 0 Å². The molecule has 0 aliphatic heterocycles. The molecule has 0 spiro atoms. The molecule has 0 aromatic heterocycles. The number of alkyl halides is 1. The van der Waals surface area contributed by atoms with Gasteiger partial charge in [0.05, 0.1) is 9.85 Å². The summed E-state index contributed by atoms with van der Waals surface area (Å²) in [4.78, 5) is 0. The molecule has 2 rings (SSSR count). The van der Waals surface area contributed by atoms with Crippen LogP contribution in [0.5, 0.6) is 0 Å². The first kappa shape index (κ1) is 14.5. The Balaban J connectivity index is 2.13. The monoisotopic (exact) mass is 340 g/mol. The lowest BCUT2D eigenvalue weighted by Gasteiger charge is -2.19. The zero-order valence-electron chi connectivity index (χ0n) is 10.6. The first-order valence-electron chi connectivity index (χ1n) is 6.21. The highest BCUT2D eigenvalue weighted by atomic mass is 79.9. The third kappa shape index (κ3) is 3.58. The fourth-order valence-corrected chi connectivity index (χ4v) is 2.78. The van der Waals surface area contributed by atoms with Crippen LogP contribution in [0.3, 0.4) is 0 Å². The molecule has 0 radical (unpaired) electrons. The summed E-state index contributed by atoms with van der Waals surface area (Å²) in [6.45, 7) is 2.09. The normalized spacial score (nSPS) is 14.1. The van der Waals surface area contributed by atoms with Crippen LogP contribution in [0, 0.1) is 11.7 Å². The van der Waals surface area contributed by atoms with E-state index >= 15 is 0 Å². The zero-order chi connectivity index (χ0) is 13.8. The number of hydrogen-bond donors (Lipinski definition) is 0. The van der Waals surface area contributed by atoms with Gasteiger partial charge in [-0.05, 0) is 45.5 Å². The van der Waals surface area contributed by atoms with Crippen LogP contribution < -0.4 is 0 Å². The Kier molecular flexibility index (Phi) is 5.00. The summed E-state index contributed by atoms with van der Waals surface area (Å²) in [6.07, 6.45) is 0.738. The maximum atomic E-state index is 13.5. The van der Waals surface area contributed by atoms with Crippen molar-refractivity contribution in [2.24, 2.45) is 5.92 Å². The van der Waals surface area contributed by atoms with Gasteiger partial charge in [-0.25, -0.2) is 4.39 Å². The van der Waals surface area contributed by atoms with Crippen molar-refractivity contribution < 1.29 is 4.39 Å². The predicted octanol–water partition coefficient (Wildman–Crippen LogP) is 5.75. The van der Waals surface area contributed by atoms with Crippen LogP contribution >= 0.6 is 27.5 Å². The number of benzene rings is 2. The minimum absolute atomic E-state index is 0.0728. The Morgan fingerprint density at radius 1 is 1.11 bits per heavy atom. The number of rotatable bonds is 4. The molecule has 0 amide bonds. The molecule has 0 aliphatic carbocycles. The van der Waals surface area contributed by atoms with Crippen LogP contribution in [0.4, 0.5) is 4.39 Å². The average Bonchev–Trinajstić information content (AvgIpc) is 2.44. The summed E-state index contributed by atoms with van der Waals surface area (Å²) >= 11 is 9.79. The van der Waals surface area contributed by atoms with Gasteiger partial charge in [-0.15, -0.1) is 11.6 Å². The van der Waals surface area contributed by atoms with Gasteiger partial charge in [0.25, 0.3) is 0 Å². The molecular formula is C16H15BrClF. The maximum Gasteiger partial charge on any atom is 0.137 e. The van der Waals surface area contributed by atoms with Gasteiger partial charge in [0.1, 0.15) is 5.82 Å². The Bertz CT molecular complexity index is 542. The quantitative estimate of drug-likeness (QED) is 0.621. The van der Waals surface area contributed by atoms with E-state index in [1.807, 2.05) is 36.4 Å². The fraction of sp³-hybridized carbons (Fsp3) is 0.250. The predicted molar refractivity (Wildman–Crippen MR) is 82.0 cm³/mol. The van der Waals surface area contributed by atoms with Crippen molar-refractivity contribution in [1.82, 2.24) is 0 Å². The molecule has 2 aromatic carbocycles. The van der Waals surface area contributed by atoms with Crippen LogP contribution in [0.25, 0.3) is 0 Å². The SMILES string of the molecule is CC(Cc1cccc(F)c1Br)C(Cl)c1ccccc1. The maximum absolute atomic E-state index is 13.5. The molecule has 0 saturated carbocycles. The van der Waals surface area contributed by atoms with Crippen molar-refractivity contribution in [3.8, 4) is 0 Å². The van der Waals surface area contributed by atoms with Gasteiger partial charge in [0.15, 0.2) is 0 Å². The lowest BCUT2D eigenvalue weighted by Crippen LogP contribution is -2.08. The van der Waals surface area contributed by atoms with Crippen LogP contribution in [0.2, 0.25) is 0 Å². The molecule has 0 aliphatic rings. The number of halogens is 3. The third-order valence-corrected chi connectivity index (χ3v) is 4.76. The second-order valence-electron chi connectivity index (χ2n) is 4.71. The van der Waals surface area contributed by atoms with Crippen molar-refractivity contribution in [2.75, 3.05) is 0 Å². The molecule has 0 fully saturated rings. The Morgan fingerprint density at radius 2 is 1.79 bits per heavy atom.